The van der Waals surface area contributed by atoms with Crippen molar-refractivity contribution < 1.29 is 4.74 Å². The van der Waals surface area contributed by atoms with E-state index >= 15 is 0 Å². The summed E-state index contributed by atoms with van der Waals surface area (Å²) in [6.45, 7) is 6.13. The minimum Gasteiger partial charge on any atom is -0.461 e. The first-order chi connectivity index (χ1) is 28.6. The Kier molecular flexibility index (Phi) is 7.70. The molecule has 274 valence electrons. The molecule has 1 spiro atoms. The van der Waals surface area contributed by atoms with Crippen molar-refractivity contribution in [1.82, 2.24) is 19.5 Å². The van der Waals surface area contributed by atoms with Gasteiger partial charge in [-0.05, 0) is 59.5 Å². The molecule has 0 N–H and O–H groups in total. The number of nitrogens with zero attached hydrogens (tertiary/aromatic N) is 4. The van der Waals surface area contributed by atoms with Crippen molar-refractivity contribution in [3.05, 3.63) is 223 Å². The third-order valence-electron chi connectivity index (χ3n) is 11.7. The van der Waals surface area contributed by atoms with Crippen LogP contribution in [0.4, 0.5) is 0 Å². The van der Waals surface area contributed by atoms with Crippen LogP contribution in [-0.2, 0) is 5.41 Å². The van der Waals surface area contributed by atoms with E-state index < -0.39 is 5.41 Å². The van der Waals surface area contributed by atoms with E-state index in [1.54, 1.807) is 0 Å². The van der Waals surface area contributed by atoms with Gasteiger partial charge in [-0.3, -0.25) is 0 Å². The first kappa shape index (κ1) is 33.7. The van der Waals surface area contributed by atoms with Crippen LogP contribution in [-0.4, -0.2) is 19.5 Å². The molecule has 2 aliphatic heterocycles. The van der Waals surface area contributed by atoms with Crippen LogP contribution in [0.25, 0.3) is 72.8 Å². The minimum absolute atomic E-state index is 0.583. The van der Waals surface area contributed by atoms with Gasteiger partial charge in [0.25, 0.3) is 0 Å². The lowest BCUT2D eigenvalue weighted by Crippen LogP contribution is -2.39. The topological polar surface area (TPSA) is 52.8 Å². The molecule has 1 unspecified atom stereocenters. The highest BCUT2D eigenvalue weighted by atomic mass is 16.5. The number of hydrogen-bond donors (Lipinski definition) is 0. The highest BCUT2D eigenvalue weighted by Gasteiger charge is 2.50. The zero-order valence-electron chi connectivity index (χ0n) is 31.8. The average Bonchev–Trinajstić information content (AvgIpc) is 3.63. The molecule has 0 bridgehead atoms. The van der Waals surface area contributed by atoms with E-state index in [2.05, 4.69) is 158 Å². The van der Waals surface area contributed by atoms with Gasteiger partial charge >= 0.3 is 0 Å². The SMILES string of the molecule is C=C/C=C\C1=C(C)Oc2ccc(-c3nc(-c4ccccc4)nc(-c4ccc(-c5ccccc5)cc4)n3)cc2C12c1ccccc1-n1c3ccccc3c3cccc2c31. The van der Waals surface area contributed by atoms with Crippen molar-refractivity contribution in [2.45, 2.75) is 12.3 Å². The third kappa shape index (κ3) is 5.00. The number of fused-ring (bicyclic) bond motifs is 9. The van der Waals surface area contributed by atoms with Gasteiger partial charge in [-0.1, -0.05) is 164 Å². The molecule has 7 aromatic carbocycles. The molecule has 2 aromatic heterocycles. The van der Waals surface area contributed by atoms with E-state index in [9.17, 15) is 0 Å². The summed E-state index contributed by atoms with van der Waals surface area (Å²) < 4.78 is 9.23. The molecule has 5 nitrogen and oxygen atoms in total. The smallest absolute Gasteiger partial charge is 0.164 e. The molecule has 5 heteroatoms. The van der Waals surface area contributed by atoms with E-state index in [1.165, 1.54) is 32.9 Å². The lowest BCUT2D eigenvalue weighted by molar-refractivity contribution is 0.386. The molecule has 0 saturated carbocycles. The monoisotopic (exact) mass is 744 g/mol. The number of rotatable bonds is 6. The van der Waals surface area contributed by atoms with Crippen LogP contribution in [0.1, 0.15) is 23.6 Å². The predicted molar refractivity (Wildman–Crippen MR) is 235 cm³/mol. The summed E-state index contributed by atoms with van der Waals surface area (Å²) >= 11 is 0. The molecule has 9 aromatic rings. The molecule has 58 heavy (non-hydrogen) atoms. The summed E-state index contributed by atoms with van der Waals surface area (Å²) in [6, 6.07) is 59.6. The molecule has 0 fully saturated rings. The zero-order valence-corrected chi connectivity index (χ0v) is 31.8. The lowest BCUT2D eigenvalue weighted by atomic mass is 9.61. The largest absolute Gasteiger partial charge is 0.461 e. The molecule has 11 rings (SSSR count). The van der Waals surface area contributed by atoms with Crippen LogP contribution in [0.15, 0.2) is 206 Å². The van der Waals surface area contributed by atoms with Crippen LogP contribution < -0.4 is 4.74 Å². The first-order valence-electron chi connectivity index (χ1n) is 19.6. The van der Waals surface area contributed by atoms with E-state index in [0.717, 1.165) is 56.1 Å². The summed E-state index contributed by atoms with van der Waals surface area (Å²) in [7, 11) is 0. The fraction of sp³-hybridized carbons (Fsp3) is 0.0377. The third-order valence-corrected chi connectivity index (χ3v) is 11.7. The van der Waals surface area contributed by atoms with E-state index in [4.69, 9.17) is 19.7 Å². The van der Waals surface area contributed by atoms with Crippen molar-refractivity contribution in [3.8, 4) is 56.7 Å². The summed E-state index contributed by atoms with van der Waals surface area (Å²) in [5.74, 6) is 3.43. The Morgan fingerprint density at radius 2 is 1.10 bits per heavy atom. The second-order valence-electron chi connectivity index (χ2n) is 14.8. The number of allylic oxidation sites excluding steroid dienone is 5. The maximum atomic E-state index is 6.79. The Bertz CT molecular complexity index is 3160. The molecule has 4 heterocycles. The molecule has 0 amide bonds. The van der Waals surface area contributed by atoms with Crippen LogP contribution >= 0.6 is 0 Å². The fourth-order valence-corrected chi connectivity index (χ4v) is 9.16. The van der Waals surface area contributed by atoms with Crippen LogP contribution in [0.3, 0.4) is 0 Å². The fourth-order valence-electron chi connectivity index (χ4n) is 9.16. The Morgan fingerprint density at radius 3 is 1.86 bits per heavy atom. The average molecular weight is 745 g/mol. The summed E-state index contributed by atoms with van der Waals surface area (Å²) in [6.07, 6.45) is 6.01. The molecule has 0 aliphatic carbocycles. The predicted octanol–water partition coefficient (Wildman–Crippen LogP) is 12.7. The quantitative estimate of drug-likeness (QED) is 0.159. The van der Waals surface area contributed by atoms with Gasteiger partial charge in [0.1, 0.15) is 11.5 Å². The first-order valence-corrected chi connectivity index (χ1v) is 19.6. The van der Waals surface area contributed by atoms with Gasteiger partial charge in [-0.15, -0.1) is 0 Å². The highest BCUT2D eigenvalue weighted by molar-refractivity contribution is 6.12. The van der Waals surface area contributed by atoms with Gasteiger partial charge < -0.3 is 9.30 Å². The number of benzene rings is 7. The van der Waals surface area contributed by atoms with Crippen molar-refractivity contribution in [3.63, 3.8) is 0 Å². The van der Waals surface area contributed by atoms with Crippen molar-refractivity contribution >= 4 is 21.8 Å². The normalized spacial score (nSPS) is 15.5. The van der Waals surface area contributed by atoms with Crippen LogP contribution in [0.2, 0.25) is 0 Å². The molecule has 0 radical (unpaired) electrons. The minimum atomic E-state index is -0.751. The number of hydrogen-bond acceptors (Lipinski definition) is 4. The summed E-state index contributed by atoms with van der Waals surface area (Å²) in [5.41, 5.74) is 12.2. The Morgan fingerprint density at radius 1 is 0.534 bits per heavy atom. The number of para-hydroxylation sites is 3. The number of aromatic nitrogens is 4. The van der Waals surface area contributed by atoms with Crippen molar-refractivity contribution in [2.75, 3.05) is 0 Å². The molecule has 2 aliphatic rings. The van der Waals surface area contributed by atoms with Gasteiger partial charge in [0.05, 0.1) is 22.1 Å². The standard InChI is InChI=1S/C53H36N4O/c1-3-4-22-42-34(2)58-48-32-31-39(52-55-50(37-18-9-6-10-19-37)54-51(56-52)38-29-27-36(28-30-38)35-16-7-5-8-17-35)33-45(48)53(42)43-23-12-14-26-47(43)57-46-25-13-11-20-40(46)41-21-15-24-44(53)49(41)57/h3-33H,1H2,2H3/b22-4-. The maximum Gasteiger partial charge on any atom is 0.164 e. The van der Waals surface area contributed by atoms with Crippen LogP contribution in [0, 0.1) is 0 Å². The molecule has 1 atom stereocenters. The lowest BCUT2D eigenvalue weighted by Gasteiger charge is -2.45. The van der Waals surface area contributed by atoms with Crippen molar-refractivity contribution in [1.29, 1.82) is 0 Å². The Balaban J connectivity index is 1.18. The van der Waals surface area contributed by atoms with Gasteiger partial charge in [0.15, 0.2) is 17.5 Å². The summed E-state index contributed by atoms with van der Waals surface area (Å²) in [4.78, 5) is 15.4. The molecular weight excluding hydrogens is 709 g/mol. The van der Waals surface area contributed by atoms with Crippen molar-refractivity contribution in [2.24, 2.45) is 0 Å². The Labute approximate surface area is 336 Å². The van der Waals surface area contributed by atoms with Gasteiger partial charge in [0, 0.05) is 38.6 Å². The second-order valence-corrected chi connectivity index (χ2v) is 14.8. The van der Waals surface area contributed by atoms with E-state index in [1.807, 2.05) is 48.6 Å². The number of ether oxygens (including phenoxy) is 1. The highest BCUT2D eigenvalue weighted by Crippen LogP contribution is 2.59. The molecular formula is C53H36N4O. The maximum absolute atomic E-state index is 6.79. The van der Waals surface area contributed by atoms with E-state index in [-0.39, 0.29) is 0 Å². The second kappa shape index (κ2) is 13.2. The van der Waals surface area contributed by atoms with Gasteiger partial charge in [-0.25, -0.2) is 15.0 Å². The van der Waals surface area contributed by atoms with Gasteiger partial charge in [0.2, 0.25) is 0 Å². The Hall–Kier alpha value is -7.63. The van der Waals surface area contributed by atoms with Gasteiger partial charge in [-0.2, -0.15) is 0 Å². The molecule has 0 saturated heterocycles. The summed E-state index contributed by atoms with van der Waals surface area (Å²) in [5, 5.41) is 2.43. The zero-order chi connectivity index (χ0) is 38.8. The van der Waals surface area contributed by atoms with Crippen LogP contribution in [0.5, 0.6) is 5.75 Å². The van der Waals surface area contributed by atoms with E-state index in [0.29, 0.717) is 17.5 Å².